The zero-order valence-corrected chi connectivity index (χ0v) is 12.2. The first-order chi connectivity index (χ1) is 8.97. The first-order valence-corrected chi connectivity index (χ1v) is 7.00. The number of nitro benzene ring substituents is 1. The highest BCUT2D eigenvalue weighted by Crippen LogP contribution is 2.32. The highest BCUT2D eigenvalue weighted by atomic mass is 35.5. The Bertz CT molecular complexity index is 616. The minimum Gasteiger partial charge on any atom is -0.377 e. The molecule has 0 fully saturated rings. The molecule has 1 aromatic heterocycles. The molecule has 7 heteroatoms. The summed E-state index contributed by atoms with van der Waals surface area (Å²) in [4.78, 5) is 11.4. The Morgan fingerprint density at radius 2 is 2.05 bits per heavy atom. The number of nitrogens with one attached hydrogen (secondary N) is 1. The van der Waals surface area contributed by atoms with Crippen LogP contribution >= 0.6 is 34.5 Å². The number of nitrogens with zero attached hydrogens (tertiary/aromatic N) is 1. The second-order valence-corrected chi connectivity index (χ2v) is 6.09. The van der Waals surface area contributed by atoms with Gasteiger partial charge in [0.2, 0.25) is 0 Å². The van der Waals surface area contributed by atoms with Crippen LogP contribution in [-0.2, 0) is 0 Å². The molecule has 1 unspecified atom stereocenters. The monoisotopic (exact) mass is 316 g/mol. The summed E-state index contributed by atoms with van der Waals surface area (Å²) in [7, 11) is 0. The maximum atomic E-state index is 10.8. The number of hydrogen-bond acceptors (Lipinski definition) is 4. The maximum absolute atomic E-state index is 10.8. The summed E-state index contributed by atoms with van der Waals surface area (Å²) in [5, 5.41) is 14.1. The lowest BCUT2D eigenvalue weighted by Crippen LogP contribution is -2.05. The average Bonchev–Trinajstić information content (AvgIpc) is 2.78. The highest BCUT2D eigenvalue weighted by molar-refractivity contribution is 7.16. The Kier molecular flexibility index (Phi) is 4.29. The molecule has 100 valence electrons. The van der Waals surface area contributed by atoms with Crippen LogP contribution < -0.4 is 5.32 Å². The van der Waals surface area contributed by atoms with Gasteiger partial charge in [0.1, 0.15) is 5.02 Å². The third-order valence-corrected chi connectivity index (χ3v) is 4.28. The van der Waals surface area contributed by atoms with E-state index in [2.05, 4.69) is 5.32 Å². The SMILES string of the molecule is CC(Nc1ccc(Cl)c([N+](=O)[O-])c1)c1ccc(Cl)s1. The van der Waals surface area contributed by atoms with E-state index in [9.17, 15) is 10.1 Å². The van der Waals surface area contributed by atoms with Crippen LogP contribution in [0, 0.1) is 10.1 Å². The van der Waals surface area contributed by atoms with E-state index in [-0.39, 0.29) is 16.8 Å². The van der Waals surface area contributed by atoms with E-state index < -0.39 is 4.92 Å². The van der Waals surface area contributed by atoms with Gasteiger partial charge < -0.3 is 5.32 Å². The molecule has 0 saturated heterocycles. The molecular weight excluding hydrogens is 307 g/mol. The van der Waals surface area contributed by atoms with E-state index in [0.29, 0.717) is 10.0 Å². The fourth-order valence-electron chi connectivity index (χ4n) is 1.62. The van der Waals surface area contributed by atoms with E-state index >= 15 is 0 Å². The molecule has 0 aliphatic carbocycles. The summed E-state index contributed by atoms with van der Waals surface area (Å²) < 4.78 is 0.714. The number of rotatable bonds is 4. The fraction of sp³-hybridized carbons (Fsp3) is 0.167. The molecule has 0 radical (unpaired) electrons. The van der Waals surface area contributed by atoms with Crippen LogP contribution in [0.3, 0.4) is 0 Å². The van der Waals surface area contributed by atoms with Gasteiger partial charge in [-0.15, -0.1) is 11.3 Å². The lowest BCUT2D eigenvalue weighted by molar-refractivity contribution is -0.384. The molecule has 0 aliphatic heterocycles. The first-order valence-electron chi connectivity index (χ1n) is 5.43. The Labute approximate surface area is 124 Å². The second kappa shape index (κ2) is 5.77. The molecule has 19 heavy (non-hydrogen) atoms. The largest absolute Gasteiger partial charge is 0.377 e. The molecule has 0 amide bonds. The first kappa shape index (κ1) is 14.1. The molecule has 1 heterocycles. The van der Waals surface area contributed by atoms with Gasteiger partial charge >= 0.3 is 0 Å². The number of thiophene rings is 1. The predicted octanol–water partition coefficient (Wildman–Crippen LogP) is 5.14. The lowest BCUT2D eigenvalue weighted by atomic mass is 10.2. The molecule has 0 saturated carbocycles. The molecule has 0 spiro atoms. The van der Waals surface area contributed by atoms with Crippen molar-refractivity contribution in [2.24, 2.45) is 0 Å². The van der Waals surface area contributed by atoms with Crippen LogP contribution in [0.1, 0.15) is 17.8 Å². The van der Waals surface area contributed by atoms with Crippen molar-refractivity contribution in [1.29, 1.82) is 0 Å². The van der Waals surface area contributed by atoms with Gasteiger partial charge in [-0.3, -0.25) is 10.1 Å². The van der Waals surface area contributed by atoms with Crippen LogP contribution in [0.25, 0.3) is 0 Å². The average molecular weight is 317 g/mol. The highest BCUT2D eigenvalue weighted by Gasteiger charge is 2.14. The van der Waals surface area contributed by atoms with Crippen molar-refractivity contribution < 1.29 is 4.92 Å². The molecular formula is C12H10Cl2N2O2S. The third-order valence-electron chi connectivity index (χ3n) is 2.55. The van der Waals surface area contributed by atoms with Crippen molar-refractivity contribution in [3.05, 3.63) is 54.7 Å². The Balaban J connectivity index is 2.19. The maximum Gasteiger partial charge on any atom is 0.289 e. The van der Waals surface area contributed by atoms with Gasteiger partial charge in [0, 0.05) is 16.6 Å². The molecule has 0 aliphatic rings. The van der Waals surface area contributed by atoms with E-state index in [0.717, 1.165) is 4.88 Å². The van der Waals surface area contributed by atoms with Gasteiger partial charge in [-0.25, -0.2) is 0 Å². The predicted molar refractivity (Wildman–Crippen MR) is 79.5 cm³/mol. The van der Waals surface area contributed by atoms with Gasteiger partial charge in [0.25, 0.3) is 5.69 Å². The van der Waals surface area contributed by atoms with Crippen molar-refractivity contribution in [3.63, 3.8) is 0 Å². The van der Waals surface area contributed by atoms with Gasteiger partial charge in [0.15, 0.2) is 0 Å². The van der Waals surface area contributed by atoms with Crippen LogP contribution in [0.15, 0.2) is 30.3 Å². The van der Waals surface area contributed by atoms with Crippen LogP contribution in [-0.4, -0.2) is 4.92 Å². The van der Waals surface area contributed by atoms with Crippen LogP contribution in [0.4, 0.5) is 11.4 Å². The van der Waals surface area contributed by atoms with Gasteiger partial charge in [0.05, 0.1) is 15.3 Å². The molecule has 1 aromatic carbocycles. The van der Waals surface area contributed by atoms with E-state index in [1.54, 1.807) is 6.07 Å². The molecule has 2 aromatic rings. The number of benzene rings is 1. The van der Waals surface area contributed by atoms with Crippen molar-refractivity contribution in [2.75, 3.05) is 5.32 Å². The number of hydrogen-bond donors (Lipinski definition) is 1. The summed E-state index contributed by atoms with van der Waals surface area (Å²) >= 11 is 13.1. The topological polar surface area (TPSA) is 55.2 Å². The molecule has 2 rings (SSSR count). The Morgan fingerprint density at radius 3 is 2.63 bits per heavy atom. The van der Waals surface area contributed by atoms with Gasteiger partial charge in [-0.1, -0.05) is 23.2 Å². The normalized spacial score (nSPS) is 12.2. The molecule has 1 N–H and O–H groups in total. The van der Waals surface area contributed by atoms with Crippen molar-refractivity contribution in [3.8, 4) is 0 Å². The zero-order valence-electron chi connectivity index (χ0n) is 9.89. The summed E-state index contributed by atoms with van der Waals surface area (Å²) in [6.45, 7) is 1.96. The zero-order chi connectivity index (χ0) is 14.0. The fourth-order valence-corrected chi connectivity index (χ4v) is 2.87. The quantitative estimate of drug-likeness (QED) is 0.628. The Morgan fingerprint density at radius 1 is 1.32 bits per heavy atom. The second-order valence-electron chi connectivity index (χ2n) is 3.93. The third kappa shape index (κ3) is 3.37. The van der Waals surface area contributed by atoms with Gasteiger partial charge in [-0.05, 0) is 31.2 Å². The number of anilines is 1. The summed E-state index contributed by atoms with van der Waals surface area (Å²) in [6.07, 6.45) is 0. The lowest BCUT2D eigenvalue weighted by Gasteiger charge is -2.13. The van der Waals surface area contributed by atoms with E-state index in [1.165, 1.54) is 23.5 Å². The molecule has 0 bridgehead atoms. The Hall–Kier alpha value is -1.30. The summed E-state index contributed by atoms with van der Waals surface area (Å²) in [6, 6.07) is 8.41. The number of nitro groups is 1. The molecule has 4 nitrogen and oxygen atoms in total. The van der Waals surface area contributed by atoms with E-state index in [4.69, 9.17) is 23.2 Å². The van der Waals surface area contributed by atoms with Gasteiger partial charge in [-0.2, -0.15) is 0 Å². The van der Waals surface area contributed by atoms with Crippen LogP contribution in [0.5, 0.6) is 0 Å². The molecule has 1 atom stereocenters. The standard InChI is InChI=1S/C12H10Cl2N2O2S/c1-7(11-4-5-12(14)19-11)15-8-2-3-9(13)10(6-8)16(17)18/h2-7,15H,1H3. The number of halogens is 2. The van der Waals surface area contributed by atoms with Crippen molar-refractivity contribution in [2.45, 2.75) is 13.0 Å². The minimum absolute atomic E-state index is 0.0123. The summed E-state index contributed by atoms with van der Waals surface area (Å²) in [5.41, 5.74) is 0.538. The van der Waals surface area contributed by atoms with E-state index in [1.807, 2.05) is 19.1 Å². The smallest absolute Gasteiger partial charge is 0.289 e. The van der Waals surface area contributed by atoms with Crippen molar-refractivity contribution >= 4 is 45.9 Å². The van der Waals surface area contributed by atoms with Crippen LogP contribution in [0.2, 0.25) is 9.36 Å². The summed E-state index contributed by atoms with van der Waals surface area (Å²) in [5.74, 6) is 0. The van der Waals surface area contributed by atoms with Crippen molar-refractivity contribution in [1.82, 2.24) is 0 Å². The minimum atomic E-state index is -0.500.